The van der Waals surface area contributed by atoms with E-state index < -0.39 is 0 Å². The van der Waals surface area contributed by atoms with Crippen LogP contribution in [0.1, 0.15) is 6.92 Å². The highest BCUT2D eigenvalue weighted by Gasteiger charge is 2.24. The molecule has 0 aliphatic carbocycles. The first-order valence-corrected chi connectivity index (χ1v) is 6.88. The monoisotopic (exact) mass is 284 g/mol. The Morgan fingerprint density at radius 2 is 2.32 bits per heavy atom. The zero-order valence-electron chi connectivity index (χ0n) is 11.5. The largest absolute Gasteiger partial charge is 0.397 e. The average molecular weight is 285 g/mol. The molecule has 106 valence electrons. The summed E-state index contributed by atoms with van der Waals surface area (Å²) in [6, 6.07) is 2.25. The van der Waals surface area contributed by atoms with Crippen molar-refractivity contribution < 1.29 is 4.74 Å². The molecule has 1 saturated heterocycles. The Hall–Kier alpha value is -1.04. The highest BCUT2D eigenvalue weighted by atomic mass is 35.5. The summed E-state index contributed by atoms with van der Waals surface area (Å²) in [5.41, 5.74) is 6.42. The molecule has 1 aliphatic heterocycles. The van der Waals surface area contributed by atoms with Gasteiger partial charge in [-0.2, -0.15) is 0 Å². The van der Waals surface area contributed by atoms with Gasteiger partial charge in [-0.3, -0.25) is 4.90 Å². The van der Waals surface area contributed by atoms with Crippen molar-refractivity contribution in [3.05, 3.63) is 17.3 Å². The van der Waals surface area contributed by atoms with Crippen molar-refractivity contribution in [1.29, 1.82) is 0 Å². The summed E-state index contributed by atoms with van der Waals surface area (Å²) in [6.07, 6.45) is 1.62. The van der Waals surface area contributed by atoms with Crippen LogP contribution in [0.3, 0.4) is 0 Å². The smallest absolute Gasteiger partial charge is 0.130 e. The molecule has 5 nitrogen and oxygen atoms in total. The van der Waals surface area contributed by atoms with Gasteiger partial charge in [0.25, 0.3) is 0 Å². The molecule has 1 aliphatic rings. The number of halogens is 1. The number of nitrogens with zero attached hydrogens (tertiary/aromatic N) is 3. The number of rotatable bonds is 4. The summed E-state index contributed by atoms with van der Waals surface area (Å²) in [6.45, 7) is 6.92. The lowest BCUT2D eigenvalue weighted by atomic mass is 10.2. The van der Waals surface area contributed by atoms with Crippen molar-refractivity contribution in [3.63, 3.8) is 0 Å². The van der Waals surface area contributed by atoms with Gasteiger partial charge in [0.15, 0.2) is 0 Å². The van der Waals surface area contributed by atoms with E-state index in [0.29, 0.717) is 16.8 Å². The number of piperazine rings is 1. The molecule has 2 N–H and O–H groups in total. The van der Waals surface area contributed by atoms with E-state index in [1.165, 1.54) is 0 Å². The van der Waals surface area contributed by atoms with Gasteiger partial charge in [0.05, 0.1) is 17.3 Å². The van der Waals surface area contributed by atoms with E-state index in [0.717, 1.165) is 38.6 Å². The van der Waals surface area contributed by atoms with Crippen molar-refractivity contribution >= 4 is 23.1 Å². The molecule has 1 fully saturated rings. The fraction of sp³-hybridized carbons (Fsp3) is 0.615. The first kappa shape index (κ1) is 14.4. The van der Waals surface area contributed by atoms with Crippen LogP contribution in [0.4, 0.5) is 11.5 Å². The topological polar surface area (TPSA) is 54.6 Å². The zero-order valence-corrected chi connectivity index (χ0v) is 12.2. The SMILES string of the molecule is COCCN1CCN(c2cc(N)c(Cl)cn2)C(C)C1. The number of pyridine rings is 1. The third kappa shape index (κ3) is 3.49. The van der Waals surface area contributed by atoms with E-state index in [1.54, 1.807) is 13.3 Å². The van der Waals surface area contributed by atoms with Crippen LogP contribution in [-0.4, -0.2) is 55.8 Å². The Bertz CT molecular complexity index is 429. The summed E-state index contributed by atoms with van der Waals surface area (Å²) in [4.78, 5) is 9.05. The number of anilines is 2. The molecule has 0 bridgehead atoms. The molecular formula is C13H21ClN4O. The lowest BCUT2D eigenvalue weighted by Crippen LogP contribution is -2.52. The number of nitrogen functional groups attached to an aromatic ring is 1. The minimum absolute atomic E-state index is 0.402. The van der Waals surface area contributed by atoms with Crippen LogP contribution in [-0.2, 0) is 4.74 Å². The summed E-state index contributed by atoms with van der Waals surface area (Å²) in [5, 5.41) is 0.509. The first-order chi connectivity index (χ1) is 9.11. The lowest BCUT2D eigenvalue weighted by molar-refractivity contribution is 0.135. The molecule has 1 unspecified atom stereocenters. The second-order valence-electron chi connectivity index (χ2n) is 4.90. The number of ether oxygens (including phenoxy) is 1. The van der Waals surface area contributed by atoms with Gasteiger partial charge >= 0.3 is 0 Å². The van der Waals surface area contributed by atoms with Crippen LogP contribution < -0.4 is 10.6 Å². The van der Waals surface area contributed by atoms with Gasteiger partial charge in [-0.05, 0) is 6.92 Å². The van der Waals surface area contributed by atoms with Crippen LogP contribution in [0.2, 0.25) is 5.02 Å². The van der Waals surface area contributed by atoms with Gasteiger partial charge in [-0.25, -0.2) is 4.98 Å². The van der Waals surface area contributed by atoms with Gasteiger partial charge < -0.3 is 15.4 Å². The molecule has 19 heavy (non-hydrogen) atoms. The van der Waals surface area contributed by atoms with Gasteiger partial charge in [-0.15, -0.1) is 0 Å². The Morgan fingerprint density at radius 1 is 1.53 bits per heavy atom. The summed E-state index contributed by atoms with van der Waals surface area (Å²) in [5.74, 6) is 0.904. The first-order valence-electron chi connectivity index (χ1n) is 6.50. The van der Waals surface area contributed by atoms with Gasteiger partial charge in [0, 0.05) is 51.6 Å². The standard InChI is InChI=1S/C13H21ClN4O/c1-10-9-17(5-6-19-2)3-4-18(10)13-7-12(15)11(14)8-16-13/h7-8,10H,3-6,9H2,1-2H3,(H2,15,16). The molecule has 0 amide bonds. The van der Waals surface area contributed by atoms with Crippen LogP contribution in [0.5, 0.6) is 0 Å². The lowest BCUT2D eigenvalue weighted by Gasteiger charge is -2.40. The van der Waals surface area contributed by atoms with Crippen molar-refractivity contribution in [2.75, 3.05) is 50.5 Å². The van der Waals surface area contributed by atoms with Crippen LogP contribution in [0.25, 0.3) is 0 Å². The van der Waals surface area contributed by atoms with E-state index in [4.69, 9.17) is 22.1 Å². The number of hydrogen-bond donors (Lipinski definition) is 1. The van der Waals surface area contributed by atoms with E-state index in [2.05, 4.69) is 21.7 Å². The van der Waals surface area contributed by atoms with Crippen molar-refractivity contribution in [1.82, 2.24) is 9.88 Å². The van der Waals surface area contributed by atoms with Gasteiger partial charge in [-0.1, -0.05) is 11.6 Å². The maximum Gasteiger partial charge on any atom is 0.130 e. The Balaban J connectivity index is 2.01. The van der Waals surface area contributed by atoms with Crippen LogP contribution in [0, 0.1) is 0 Å². The van der Waals surface area contributed by atoms with Crippen molar-refractivity contribution in [3.8, 4) is 0 Å². The summed E-state index contributed by atoms with van der Waals surface area (Å²) in [7, 11) is 1.74. The molecule has 2 rings (SSSR count). The zero-order chi connectivity index (χ0) is 13.8. The fourth-order valence-electron chi connectivity index (χ4n) is 2.40. The van der Waals surface area contributed by atoms with Crippen LogP contribution in [0.15, 0.2) is 12.3 Å². The van der Waals surface area contributed by atoms with E-state index in [9.17, 15) is 0 Å². The predicted molar refractivity (Wildman–Crippen MR) is 78.8 cm³/mol. The maximum absolute atomic E-state index is 5.91. The summed E-state index contributed by atoms with van der Waals surface area (Å²) < 4.78 is 5.12. The molecule has 1 atom stereocenters. The van der Waals surface area contributed by atoms with Crippen molar-refractivity contribution in [2.45, 2.75) is 13.0 Å². The summed E-state index contributed by atoms with van der Waals surface area (Å²) >= 11 is 5.91. The molecule has 1 aromatic heterocycles. The van der Waals surface area contributed by atoms with Crippen molar-refractivity contribution in [2.24, 2.45) is 0 Å². The Kier molecular flexibility index (Phi) is 4.85. The predicted octanol–water partition coefficient (Wildman–Crippen LogP) is 1.47. The molecule has 0 saturated carbocycles. The number of nitrogens with two attached hydrogens (primary N) is 1. The molecule has 0 spiro atoms. The number of aromatic nitrogens is 1. The third-order valence-corrected chi connectivity index (χ3v) is 3.80. The highest BCUT2D eigenvalue weighted by Crippen LogP contribution is 2.24. The fourth-order valence-corrected chi connectivity index (χ4v) is 2.50. The molecule has 2 heterocycles. The molecule has 6 heteroatoms. The minimum atomic E-state index is 0.402. The van der Waals surface area contributed by atoms with E-state index in [1.807, 2.05) is 6.07 Å². The second-order valence-corrected chi connectivity index (χ2v) is 5.31. The normalized spacial score (nSPS) is 20.8. The quantitative estimate of drug-likeness (QED) is 0.907. The van der Waals surface area contributed by atoms with E-state index >= 15 is 0 Å². The Labute approximate surface area is 119 Å². The highest BCUT2D eigenvalue weighted by molar-refractivity contribution is 6.32. The van der Waals surface area contributed by atoms with E-state index in [-0.39, 0.29) is 0 Å². The van der Waals surface area contributed by atoms with Crippen LogP contribution >= 0.6 is 11.6 Å². The second kappa shape index (κ2) is 6.41. The molecule has 0 aromatic carbocycles. The average Bonchev–Trinajstić information content (AvgIpc) is 2.40. The van der Waals surface area contributed by atoms with Gasteiger partial charge in [0.1, 0.15) is 5.82 Å². The minimum Gasteiger partial charge on any atom is -0.397 e. The molecule has 1 aromatic rings. The Morgan fingerprint density at radius 3 is 2.95 bits per heavy atom. The molecular weight excluding hydrogens is 264 g/mol. The molecule has 0 radical (unpaired) electrons. The maximum atomic E-state index is 5.91. The number of methoxy groups -OCH3 is 1. The van der Waals surface area contributed by atoms with Gasteiger partial charge in [0.2, 0.25) is 0 Å². The third-order valence-electron chi connectivity index (χ3n) is 3.49. The number of hydrogen-bond acceptors (Lipinski definition) is 5.